The van der Waals surface area contributed by atoms with Crippen LogP contribution in [0.25, 0.3) is 0 Å². The van der Waals surface area contributed by atoms with E-state index in [1.165, 1.54) is 0 Å². The fourth-order valence-electron chi connectivity index (χ4n) is 3.97. The Morgan fingerprint density at radius 1 is 0.852 bits per heavy atom. The molecule has 0 saturated carbocycles. The van der Waals surface area contributed by atoms with Crippen molar-refractivity contribution in [3.63, 3.8) is 0 Å². The number of para-hydroxylation sites is 2. The van der Waals surface area contributed by atoms with E-state index >= 15 is 0 Å². The second-order valence-corrected chi connectivity index (χ2v) is 7.43. The largest absolute Gasteiger partial charge is 0.322 e. The van der Waals surface area contributed by atoms with Gasteiger partial charge in [0.1, 0.15) is 0 Å². The highest BCUT2D eigenvalue weighted by Crippen LogP contribution is 2.21. The first-order valence-corrected chi connectivity index (χ1v) is 9.46. The third-order valence-corrected chi connectivity index (χ3v) is 5.63. The molecular weight excluding hydrogens is 340 g/mol. The van der Waals surface area contributed by atoms with Gasteiger partial charge in [0.05, 0.1) is 30.9 Å². The zero-order valence-electron chi connectivity index (χ0n) is 15.4. The number of quaternary nitrogens is 1. The van der Waals surface area contributed by atoms with Crippen molar-refractivity contribution in [1.82, 2.24) is 4.90 Å². The first-order valence-electron chi connectivity index (χ1n) is 9.46. The van der Waals surface area contributed by atoms with Crippen molar-refractivity contribution in [2.45, 2.75) is 0 Å². The highest BCUT2D eigenvalue weighted by molar-refractivity contribution is 6.10. The standard InChI is InChI=1S/C21H24N4O2/c26-20(16-25-13-10-24(11-14-25)12-15-25)23-19-9-5-4-8-18(19)21(27)22-17-6-2-1-3-7-17/h1-9H,10-16H2,(H-,22,23,26,27)/p+1. The predicted octanol–water partition coefficient (Wildman–Crippen LogP) is 2.02. The summed E-state index contributed by atoms with van der Waals surface area (Å²) in [4.78, 5) is 27.8. The van der Waals surface area contributed by atoms with Crippen LogP contribution in [0.1, 0.15) is 10.4 Å². The molecule has 2 bridgehead atoms. The van der Waals surface area contributed by atoms with Crippen LogP contribution < -0.4 is 10.6 Å². The second kappa shape index (κ2) is 7.50. The molecule has 0 atom stereocenters. The molecule has 0 radical (unpaired) electrons. The third kappa shape index (κ3) is 4.02. The lowest BCUT2D eigenvalue weighted by Gasteiger charge is -2.50. The summed E-state index contributed by atoms with van der Waals surface area (Å²) in [5.41, 5.74) is 1.76. The number of rotatable bonds is 5. The average molecular weight is 365 g/mol. The molecule has 3 heterocycles. The van der Waals surface area contributed by atoms with Crippen LogP contribution in [0.4, 0.5) is 11.4 Å². The third-order valence-electron chi connectivity index (χ3n) is 5.63. The van der Waals surface area contributed by atoms with E-state index in [4.69, 9.17) is 0 Å². The van der Waals surface area contributed by atoms with Gasteiger partial charge in [0.15, 0.2) is 6.54 Å². The van der Waals surface area contributed by atoms with Crippen molar-refractivity contribution in [3.8, 4) is 0 Å². The van der Waals surface area contributed by atoms with Crippen molar-refractivity contribution in [2.24, 2.45) is 0 Å². The quantitative estimate of drug-likeness (QED) is 0.797. The number of benzene rings is 2. The number of hydrogen-bond acceptors (Lipinski definition) is 3. The molecule has 0 aromatic heterocycles. The molecule has 0 unspecified atom stereocenters. The number of piperazine rings is 3. The zero-order chi connectivity index (χ0) is 18.7. The molecule has 27 heavy (non-hydrogen) atoms. The first-order chi connectivity index (χ1) is 13.1. The van der Waals surface area contributed by atoms with E-state index in [0.717, 1.165) is 49.4 Å². The summed E-state index contributed by atoms with van der Waals surface area (Å²) >= 11 is 0. The molecule has 3 fully saturated rings. The van der Waals surface area contributed by atoms with Gasteiger partial charge in [-0.3, -0.25) is 14.5 Å². The minimum atomic E-state index is -0.226. The Kier molecular flexibility index (Phi) is 4.92. The lowest BCUT2D eigenvalue weighted by Crippen LogP contribution is -2.68. The molecule has 3 aliphatic rings. The minimum absolute atomic E-state index is 0.0229. The summed E-state index contributed by atoms with van der Waals surface area (Å²) in [6.45, 7) is 6.79. The van der Waals surface area contributed by atoms with Crippen molar-refractivity contribution in [2.75, 3.05) is 56.4 Å². The molecule has 3 aliphatic heterocycles. The topological polar surface area (TPSA) is 61.4 Å². The van der Waals surface area contributed by atoms with Gasteiger partial charge in [0.2, 0.25) is 0 Å². The number of hydrogen-bond donors (Lipinski definition) is 2. The SMILES string of the molecule is O=C(C[N+]12CCN(CC1)CC2)Nc1ccccc1C(=O)Nc1ccccc1. The Labute approximate surface area is 159 Å². The van der Waals surface area contributed by atoms with Gasteiger partial charge in [-0.2, -0.15) is 0 Å². The molecular formula is C21H25N4O2+. The maximum absolute atomic E-state index is 12.7. The Hall–Kier alpha value is -2.70. The van der Waals surface area contributed by atoms with Crippen LogP contribution >= 0.6 is 0 Å². The molecule has 0 spiro atoms. The van der Waals surface area contributed by atoms with Gasteiger partial charge in [-0.1, -0.05) is 30.3 Å². The summed E-state index contributed by atoms with van der Waals surface area (Å²) in [6.07, 6.45) is 0. The lowest BCUT2D eigenvalue weighted by atomic mass is 10.1. The minimum Gasteiger partial charge on any atom is -0.322 e. The normalized spacial score (nSPS) is 23.6. The van der Waals surface area contributed by atoms with Crippen LogP contribution in [0.15, 0.2) is 54.6 Å². The number of anilines is 2. The highest BCUT2D eigenvalue weighted by Gasteiger charge is 2.39. The van der Waals surface area contributed by atoms with Gasteiger partial charge >= 0.3 is 0 Å². The first kappa shape index (κ1) is 17.7. The van der Waals surface area contributed by atoms with Gasteiger partial charge in [0.25, 0.3) is 11.8 Å². The van der Waals surface area contributed by atoms with Crippen molar-refractivity contribution >= 4 is 23.2 Å². The fourth-order valence-corrected chi connectivity index (χ4v) is 3.97. The smallest absolute Gasteiger partial charge is 0.279 e. The molecule has 140 valence electrons. The van der Waals surface area contributed by atoms with E-state index in [1.807, 2.05) is 36.4 Å². The Balaban J connectivity index is 1.44. The molecule has 5 rings (SSSR count). The lowest BCUT2D eigenvalue weighted by molar-refractivity contribution is -0.933. The van der Waals surface area contributed by atoms with Crippen molar-refractivity contribution < 1.29 is 14.1 Å². The molecule has 3 saturated heterocycles. The summed E-state index contributed by atoms with van der Waals surface area (Å²) < 4.78 is 0.862. The van der Waals surface area contributed by atoms with E-state index in [2.05, 4.69) is 15.5 Å². The number of nitrogens with one attached hydrogen (secondary N) is 2. The molecule has 6 heteroatoms. The Morgan fingerprint density at radius 2 is 1.48 bits per heavy atom. The zero-order valence-corrected chi connectivity index (χ0v) is 15.4. The van der Waals surface area contributed by atoms with Crippen LogP contribution in [0, 0.1) is 0 Å². The van der Waals surface area contributed by atoms with Gasteiger partial charge in [-0.25, -0.2) is 0 Å². The molecule has 6 nitrogen and oxygen atoms in total. The summed E-state index contributed by atoms with van der Waals surface area (Å²) in [5, 5.41) is 5.85. The second-order valence-electron chi connectivity index (χ2n) is 7.43. The monoisotopic (exact) mass is 365 g/mol. The van der Waals surface area contributed by atoms with Crippen molar-refractivity contribution in [1.29, 1.82) is 0 Å². The highest BCUT2D eigenvalue weighted by atomic mass is 16.2. The number of carbonyl (C=O) groups excluding carboxylic acids is 2. The Bertz CT molecular complexity index is 815. The van der Waals surface area contributed by atoms with Crippen molar-refractivity contribution in [3.05, 3.63) is 60.2 Å². The van der Waals surface area contributed by atoms with Crippen LogP contribution in [0.3, 0.4) is 0 Å². The molecule has 2 aromatic rings. The summed E-state index contributed by atoms with van der Waals surface area (Å²) in [7, 11) is 0. The van der Waals surface area contributed by atoms with Gasteiger partial charge in [0, 0.05) is 25.3 Å². The van der Waals surface area contributed by atoms with E-state index in [9.17, 15) is 9.59 Å². The van der Waals surface area contributed by atoms with Crippen LogP contribution in [0.5, 0.6) is 0 Å². The molecule has 2 aromatic carbocycles. The molecule has 2 amide bonds. The maximum Gasteiger partial charge on any atom is 0.279 e. The van der Waals surface area contributed by atoms with E-state index in [-0.39, 0.29) is 11.8 Å². The van der Waals surface area contributed by atoms with Crippen LogP contribution in [0.2, 0.25) is 0 Å². The van der Waals surface area contributed by atoms with Gasteiger partial charge in [-0.15, -0.1) is 0 Å². The molecule has 2 N–H and O–H groups in total. The maximum atomic E-state index is 12.7. The van der Waals surface area contributed by atoms with E-state index in [1.54, 1.807) is 18.2 Å². The number of nitrogens with zero attached hydrogens (tertiary/aromatic N) is 2. The average Bonchev–Trinajstić information content (AvgIpc) is 2.70. The number of amides is 2. The Morgan fingerprint density at radius 3 is 2.19 bits per heavy atom. The number of carbonyl (C=O) groups is 2. The fraction of sp³-hybridized carbons (Fsp3) is 0.333. The predicted molar refractivity (Wildman–Crippen MR) is 106 cm³/mol. The van der Waals surface area contributed by atoms with Gasteiger partial charge in [-0.05, 0) is 24.3 Å². The van der Waals surface area contributed by atoms with Gasteiger partial charge < -0.3 is 15.1 Å². The summed E-state index contributed by atoms with van der Waals surface area (Å²) in [6, 6.07) is 16.5. The van der Waals surface area contributed by atoms with E-state index in [0.29, 0.717) is 17.8 Å². The van der Waals surface area contributed by atoms with Crippen LogP contribution in [-0.4, -0.2) is 67.0 Å². The summed E-state index contributed by atoms with van der Waals surface area (Å²) in [5.74, 6) is -0.249. The van der Waals surface area contributed by atoms with E-state index < -0.39 is 0 Å². The number of fused-ring (bicyclic) bond motifs is 3. The van der Waals surface area contributed by atoms with Crippen LogP contribution in [-0.2, 0) is 4.79 Å². The molecule has 0 aliphatic carbocycles.